The number of sulfone groups is 1. The molecule has 0 aliphatic carbocycles. The van der Waals surface area contributed by atoms with Crippen LogP contribution in [0.15, 0.2) is 6.33 Å². The van der Waals surface area contributed by atoms with Crippen LogP contribution >= 0.6 is 11.8 Å². The molecule has 1 fully saturated rings. The Bertz CT molecular complexity index is 593. The zero-order valence-corrected chi connectivity index (χ0v) is 13.9. The van der Waals surface area contributed by atoms with Crippen LogP contribution in [0.1, 0.15) is 18.9 Å². The number of nitrogen functional groups attached to an aromatic ring is 1. The minimum absolute atomic E-state index is 0.549. The summed E-state index contributed by atoms with van der Waals surface area (Å²) >= 11 is 1.65. The van der Waals surface area contributed by atoms with Gasteiger partial charge in [0.25, 0.3) is 0 Å². The zero-order valence-electron chi connectivity index (χ0n) is 12.2. The second-order valence-electron chi connectivity index (χ2n) is 4.97. The van der Waals surface area contributed by atoms with Gasteiger partial charge in [0.05, 0.1) is 0 Å². The fourth-order valence-electron chi connectivity index (χ4n) is 2.43. The van der Waals surface area contributed by atoms with Crippen molar-refractivity contribution in [2.45, 2.75) is 25.1 Å². The minimum Gasteiger partial charge on any atom is -0.338 e. The maximum absolute atomic E-state index is 12.1. The highest BCUT2D eigenvalue weighted by Gasteiger charge is 2.33. The van der Waals surface area contributed by atoms with Gasteiger partial charge in [0, 0.05) is 29.9 Å². The summed E-state index contributed by atoms with van der Waals surface area (Å²) < 4.78 is 24.1. The number of rotatable bonds is 5. The number of thioether (sulfide) groups is 1. The van der Waals surface area contributed by atoms with E-state index in [0.717, 1.165) is 24.2 Å². The SMILES string of the molecule is CCCc1c(NN)ncnc1N1CCSCC1S(C)(=O)=O. The van der Waals surface area contributed by atoms with Crippen molar-refractivity contribution >= 4 is 33.2 Å². The van der Waals surface area contributed by atoms with E-state index in [4.69, 9.17) is 5.84 Å². The summed E-state index contributed by atoms with van der Waals surface area (Å²) in [5, 5.41) is -0.549. The maximum Gasteiger partial charge on any atom is 0.169 e. The van der Waals surface area contributed by atoms with Crippen molar-refractivity contribution in [3.05, 3.63) is 11.9 Å². The summed E-state index contributed by atoms with van der Waals surface area (Å²) in [6.45, 7) is 2.71. The van der Waals surface area contributed by atoms with Crippen molar-refractivity contribution in [1.82, 2.24) is 9.97 Å². The van der Waals surface area contributed by atoms with Crippen LogP contribution in [0.4, 0.5) is 11.6 Å². The van der Waals surface area contributed by atoms with Gasteiger partial charge in [-0.2, -0.15) is 11.8 Å². The van der Waals surface area contributed by atoms with Crippen molar-refractivity contribution in [2.24, 2.45) is 5.84 Å². The second-order valence-corrected chi connectivity index (χ2v) is 8.32. The molecule has 2 heterocycles. The molecular formula is C12H21N5O2S2. The van der Waals surface area contributed by atoms with E-state index < -0.39 is 15.2 Å². The summed E-state index contributed by atoms with van der Waals surface area (Å²) in [5.41, 5.74) is 3.46. The number of hydrazine groups is 1. The molecule has 1 atom stereocenters. The summed E-state index contributed by atoms with van der Waals surface area (Å²) in [7, 11) is -3.18. The Morgan fingerprint density at radius 1 is 1.52 bits per heavy atom. The first-order chi connectivity index (χ1) is 9.99. The van der Waals surface area contributed by atoms with E-state index in [1.807, 2.05) is 4.90 Å². The Morgan fingerprint density at radius 2 is 2.29 bits per heavy atom. The van der Waals surface area contributed by atoms with Gasteiger partial charge in [-0.25, -0.2) is 24.2 Å². The number of nitrogens with zero attached hydrogens (tertiary/aromatic N) is 3. The number of hydrogen-bond donors (Lipinski definition) is 2. The highest BCUT2D eigenvalue weighted by atomic mass is 32.2. The average Bonchev–Trinajstić information content (AvgIpc) is 2.47. The fourth-order valence-corrected chi connectivity index (χ4v) is 5.25. The Hall–Kier alpha value is -1.06. The molecule has 7 nitrogen and oxygen atoms in total. The minimum atomic E-state index is -3.18. The van der Waals surface area contributed by atoms with E-state index in [-0.39, 0.29) is 0 Å². The van der Waals surface area contributed by atoms with Crippen molar-refractivity contribution < 1.29 is 8.42 Å². The normalized spacial score (nSPS) is 19.6. The van der Waals surface area contributed by atoms with E-state index in [0.29, 0.717) is 23.9 Å². The van der Waals surface area contributed by atoms with Crippen LogP contribution in [0.2, 0.25) is 0 Å². The van der Waals surface area contributed by atoms with E-state index in [9.17, 15) is 8.42 Å². The number of aromatic nitrogens is 2. The standard InChI is InChI=1S/C12H21N5O2S2/c1-3-4-9-11(16-13)14-8-15-12(9)17-5-6-20-7-10(17)21(2,18)19/h8,10H,3-7,13H2,1-2H3,(H,14,15,16). The molecule has 9 heteroatoms. The van der Waals surface area contributed by atoms with Gasteiger partial charge in [-0.1, -0.05) is 13.3 Å². The topological polar surface area (TPSA) is 101 Å². The molecule has 0 spiro atoms. The van der Waals surface area contributed by atoms with Crippen LogP contribution in [0.3, 0.4) is 0 Å². The quantitative estimate of drug-likeness (QED) is 0.599. The van der Waals surface area contributed by atoms with Crippen molar-refractivity contribution in [3.63, 3.8) is 0 Å². The molecule has 1 aromatic rings. The molecule has 0 saturated carbocycles. The van der Waals surface area contributed by atoms with Crippen LogP contribution in [0, 0.1) is 0 Å². The third-order valence-electron chi connectivity index (χ3n) is 3.41. The van der Waals surface area contributed by atoms with Crippen molar-refractivity contribution in [1.29, 1.82) is 0 Å². The lowest BCUT2D eigenvalue weighted by atomic mass is 10.1. The van der Waals surface area contributed by atoms with Crippen LogP contribution in [-0.2, 0) is 16.3 Å². The van der Waals surface area contributed by atoms with Crippen molar-refractivity contribution in [2.75, 3.05) is 34.6 Å². The summed E-state index contributed by atoms with van der Waals surface area (Å²) in [4.78, 5) is 10.3. The second kappa shape index (κ2) is 6.80. The predicted octanol–water partition coefficient (Wildman–Crippen LogP) is 0.639. The van der Waals surface area contributed by atoms with Crippen LogP contribution < -0.4 is 16.2 Å². The molecule has 1 aliphatic heterocycles. The molecule has 0 bridgehead atoms. The molecule has 1 aromatic heterocycles. The van der Waals surface area contributed by atoms with E-state index in [1.54, 1.807) is 11.8 Å². The third-order valence-corrected chi connectivity index (χ3v) is 6.05. The number of hydrogen-bond acceptors (Lipinski definition) is 8. The summed E-state index contributed by atoms with van der Waals surface area (Å²) in [5.74, 6) is 8.19. The van der Waals surface area contributed by atoms with E-state index >= 15 is 0 Å². The number of nitrogens with one attached hydrogen (secondary N) is 1. The van der Waals surface area contributed by atoms with Gasteiger partial charge in [-0.15, -0.1) is 0 Å². The van der Waals surface area contributed by atoms with Gasteiger partial charge in [-0.05, 0) is 6.42 Å². The Labute approximate surface area is 129 Å². The highest BCUT2D eigenvalue weighted by Crippen LogP contribution is 2.30. The summed E-state index contributed by atoms with van der Waals surface area (Å²) in [6, 6.07) is 0. The van der Waals surface area contributed by atoms with Crippen LogP contribution in [0.25, 0.3) is 0 Å². The van der Waals surface area contributed by atoms with Gasteiger partial charge in [-0.3, -0.25) is 0 Å². The molecule has 118 valence electrons. The molecule has 0 aromatic carbocycles. The molecule has 1 saturated heterocycles. The molecule has 2 rings (SSSR count). The number of anilines is 2. The molecule has 3 N–H and O–H groups in total. The van der Waals surface area contributed by atoms with E-state index in [1.165, 1.54) is 12.6 Å². The monoisotopic (exact) mass is 331 g/mol. The van der Waals surface area contributed by atoms with Gasteiger partial charge in [0.15, 0.2) is 9.84 Å². The Balaban J connectivity index is 2.47. The fraction of sp³-hybridized carbons (Fsp3) is 0.667. The first-order valence-corrected chi connectivity index (χ1v) is 9.93. The van der Waals surface area contributed by atoms with Gasteiger partial charge in [0.1, 0.15) is 23.3 Å². The first kappa shape index (κ1) is 16.3. The maximum atomic E-state index is 12.1. The van der Waals surface area contributed by atoms with Crippen LogP contribution in [0.5, 0.6) is 0 Å². The lowest BCUT2D eigenvalue weighted by molar-refractivity contribution is 0.583. The van der Waals surface area contributed by atoms with Gasteiger partial charge < -0.3 is 10.3 Å². The molecule has 1 aliphatic rings. The molecule has 1 unspecified atom stereocenters. The highest BCUT2D eigenvalue weighted by molar-refractivity contribution is 8.01. The summed E-state index contributed by atoms with van der Waals surface area (Å²) in [6.07, 6.45) is 4.35. The lowest BCUT2D eigenvalue weighted by Crippen LogP contribution is -2.48. The predicted molar refractivity (Wildman–Crippen MR) is 87.1 cm³/mol. The Morgan fingerprint density at radius 3 is 2.90 bits per heavy atom. The van der Waals surface area contributed by atoms with Gasteiger partial charge >= 0.3 is 0 Å². The molecule has 21 heavy (non-hydrogen) atoms. The lowest BCUT2D eigenvalue weighted by Gasteiger charge is -2.36. The third kappa shape index (κ3) is 3.58. The Kier molecular flexibility index (Phi) is 5.28. The average molecular weight is 331 g/mol. The van der Waals surface area contributed by atoms with Crippen LogP contribution in [-0.4, -0.2) is 48.1 Å². The molecular weight excluding hydrogens is 310 g/mol. The molecule has 0 radical (unpaired) electrons. The smallest absolute Gasteiger partial charge is 0.169 e. The largest absolute Gasteiger partial charge is 0.338 e. The van der Waals surface area contributed by atoms with Crippen molar-refractivity contribution in [3.8, 4) is 0 Å². The number of nitrogens with two attached hydrogens (primary N) is 1. The van der Waals surface area contributed by atoms with Gasteiger partial charge in [0.2, 0.25) is 0 Å². The first-order valence-electron chi connectivity index (χ1n) is 6.82. The van der Waals surface area contributed by atoms with E-state index in [2.05, 4.69) is 22.3 Å². The zero-order chi connectivity index (χ0) is 15.5. The molecule has 0 amide bonds.